The van der Waals surface area contributed by atoms with Gasteiger partial charge in [-0.2, -0.15) is 4.31 Å². The lowest BCUT2D eigenvalue weighted by atomic mass is 9.74. The molecule has 0 bridgehead atoms. The highest BCUT2D eigenvalue weighted by atomic mass is 32.3. The Morgan fingerprint density at radius 2 is 1.78 bits per heavy atom. The molecule has 0 saturated carbocycles. The predicted octanol–water partition coefficient (Wildman–Crippen LogP) is 6.73. The second-order valence-electron chi connectivity index (χ2n) is 14.7. The van der Waals surface area contributed by atoms with Crippen LogP contribution in [0, 0.1) is 13.8 Å². The summed E-state index contributed by atoms with van der Waals surface area (Å²) in [6.45, 7) is 16.2. The number of nitrogens with one attached hydrogen (secondary N) is 1. The molecule has 1 fully saturated rings. The molecule has 4 heterocycles. The SMILES string of the molecule is CCC1CN(Cc2cc([C@@H](c3ccc4c(nnn4CC)c3C)C(C)(C)NC(=O)c3cnc(N4CCOCC4)nc3)ccc2C)S(O)(O)c2ccccc2O1. The highest BCUT2D eigenvalue weighted by molar-refractivity contribution is 8.22. The van der Waals surface area contributed by atoms with E-state index in [4.69, 9.17) is 9.47 Å². The van der Waals surface area contributed by atoms with Crippen LogP contribution in [0.3, 0.4) is 0 Å². The van der Waals surface area contributed by atoms with E-state index in [2.05, 4.69) is 56.8 Å². The first kappa shape index (κ1) is 37.7. The highest BCUT2D eigenvalue weighted by Gasteiger charge is 2.38. The maximum absolute atomic E-state index is 14.0. The van der Waals surface area contributed by atoms with Crippen molar-refractivity contribution in [1.82, 2.24) is 34.6 Å². The number of morpholine rings is 1. The molecule has 2 aromatic heterocycles. The highest BCUT2D eigenvalue weighted by Crippen LogP contribution is 2.57. The molecule has 13 nitrogen and oxygen atoms in total. The zero-order valence-electron chi connectivity index (χ0n) is 31.8. The monoisotopic (exact) mass is 754 g/mol. The molecule has 0 radical (unpaired) electrons. The normalized spacial score (nSPS) is 18.7. The molecule has 2 aliphatic rings. The Hall–Kier alpha value is -4.60. The van der Waals surface area contributed by atoms with Gasteiger partial charge in [-0.1, -0.05) is 48.5 Å². The zero-order chi connectivity index (χ0) is 38.2. The van der Waals surface area contributed by atoms with Crippen molar-refractivity contribution in [2.45, 2.75) is 83.5 Å². The van der Waals surface area contributed by atoms with Gasteiger partial charge in [-0.15, -0.1) is 15.9 Å². The molecule has 3 N–H and O–H groups in total. The fourth-order valence-corrected chi connectivity index (χ4v) is 9.19. The van der Waals surface area contributed by atoms with E-state index in [1.807, 2.05) is 56.3 Å². The van der Waals surface area contributed by atoms with E-state index in [-0.39, 0.29) is 24.5 Å². The van der Waals surface area contributed by atoms with Crippen LogP contribution in [-0.2, 0) is 17.8 Å². The maximum Gasteiger partial charge on any atom is 0.254 e. The summed E-state index contributed by atoms with van der Waals surface area (Å²) in [5, 5.41) is 12.3. The van der Waals surface area contributed by atoms with E-state index in [0.29, 0.717) is 68.0 Å². The lowest BCUT2D eigenvalue weighted by Gasteiger charge is -2.42. The summed E-state index contributed by atoms with van der Waals surface area (Å²) in [5.41, 5.74) is 6.16. The Bertz CT molecular complexity index is 2130. The van der Waals surface area contributed by atoms with Gasteiger partial charge in [0, 0.05) is 50.0 Å². The van der Waals surface area contributed by atoms with Crippen molar-refractivity contribution >= 4 is 33.7 Å². The van der Waals surface area contributed by atoms with Crippen LogP contribution in [0.1, 0.15) is 78.2 Å². The smallest absolute Gasteiger partial charge is 0.254 e. The summed E-state index contributed by atoms with van der Waals surface area (Å²) in [5.74, 6) is 0.443. The molecular weight excluding hydrogens is 705 g/mol. The number of carbonyl (C=O) groups is 1. The molecule has 1 amide bonds. The van der Waals surface area contributed by atoms with E-state index in [1.54, 1.807) is 34.9 Å². The van der Waals surface area contributed by atoms with Crippen LogP contribution in [0.2, 0.25) is 0 Å². The number of nitrogens with zero attached hydrogens (tertiary/aromatic N) is 7. The van der Waals surface area contributed by atoms with E-state index in [9.17, 15) is 13.9 Å². The first-order chi connectivity index (χ1) is 25.9. The molecule has 14 heteroatoms. The maximum atomic E-state index is 14.0. The molecule has 0 aliphatic carbocycles. The Kier molecular flexibility index (Phi) is 10.7. The number of benzene rings is 3. The summed E-state index contributed by atoms with van der Waals surface area (Å²) in [6, 6.07) is 17.6. The fourth-order valence-electron chi connectivity index (χ4n) is 7.58. The van der Waals surface area contributed by atoms with Gasteiger partial charge in [-0.3, -0.25) is 13.9 Å². The molecule has 54 heavy (non-hydrogen) atoms. The number of fused-ring (bicyclic) bond motifs is 2. The molecule has 2 aliphatic heterocycles. The van der Waals surface area contributed by atoms with Gasteiger partial charge >= 0.3 is 0 Å². The van der Waals surface area contributed by atoms with Gasteiger partial charge in [-0.05, 0) is 87.1 Å². The van der Waals surface area contributed by atoms with E-state index >= 15 is 0 Å². The van der Waals surface area contributed by atoms with Crippen LogP contribution >= 0.6 is 10.8 Å². The minimum atomic E-state index is -3.37. The number of aryl methyl sites for hydroxylation is 3. The lowest BCUT2D eigenvalue weighted by Crippen LogP contribution is -2.48. The van der Waals surface area contributed by atoms with Gasteiger partial charge in [0.15, 0.2) is 0 Å². The summed E-state index contributed by atoms with van der Waals surface area (Å²) >= 11 is 0. The van der Waals surface area contributed by atoms with Crippen LogP contribution in [0.4, 0.5) is 5.95 Å². The minimum Gasteiger partial charge on any atom is -0.487 e. The van der Waals surface area contributed by atoms with E-state index in [1.165, 1.54) is 0 Å². The molecule has 7 rings (SSSR count). The summed E-state index contributed by atoms with van der Waals surface area (Å²) in [7, 11) is -3.37. The zero-order valence-corrected chi connectivity index (χ0v) is 32.6. The van der Waals surface area contributed by atoms with Crippen molar-refractivity contribution in [2.75, 3.05) is 37.7 Å². The van der Waals surface area contributed by atoms with Gasteiger partial charge in [0.25, 0.3) is 5.91 Å². The second-order valence-corrected chi connectivity index (χ2v) is 16.6. The lowest BCUT2D eigenvalue weighted by molar-refractivity contribution is 0.0905. The third kappa shape index (κ3) is 7.28. The Morgan fingerprint density at radius 1 is 1.04 bits per heavy atom. The summed E-state index contributed by atoms with van der Waals surface area (Å²) in [6.07, 6.45) is 3.64. The van der Waals surface area contributed by atoms with Crippen LogP contribution in [0.15, 0.2) is 71.9 Å². The molecule has 3 aromatic carbocycles. The number of hydrogen-bond donors (Lipinski definition) is 3. The molecule has 0 spiro atoms. The summed E-state index contributed by atoms with van der Waals surface area (Å²) in [4.78, 5) is 25.5. The largest absolute Gasteiger partial charge is 0.487 e. The van der Waals surface area contributed by atoms with Gasteiger partial charge in [0.1, 0.15) is 22.3 Å². The van der Waals surface area contributed by atoms with Gasteiger partial charge in [0.05, 0.1) is 30.8 Å². The number of anilines is 1. The first-order valence-corrected chi connectivity index (χ1v) is 20.1. The fraction of sp³-hybridized carbons (Fsp3) is 0.425. The van der Waals surface area contributed by atoms with E-state index < -0.39 is 16.3 Å². The number of hydrogen-bond acceptors (Lipinski definition) is 11. The molecule has 5 aromatic rings. The average Bonchev–Trinajstić information content (AvgIpc) is 3.56. The molecule has 286 valence electrons. The summed E-state index contributed by atoms with van der Waals surface area (Å²) < 4.78 is 38.9. The van der Waals surface area contributed by atoms with Crippen molar-refractivity contribution in [2.24, 2.45) is 0 Å². The topological polar surface area (TPSA) is 151 Å². The van der Waals surface area contributed by atoms with E-state index in [0.717, 1.165) is 38.9 Å². The quantitative estimate of drug-likeness (QED) is 0.139. The van der Waals surface area contributed by atoms with Crippen molar-refractivity contribution in [1.29, 1.82) is 0 Å². The third-order valence-electron chi connectivity index (χ3n) is 10.7. The Morgan fingerprint density at radius 3 is 2.50 bits per heavy atom. The minimum absolute atomic E-state index is 0.219. The van der Waals surface area contributed by atoms with Crippen molar-refractivity contribution in [3.05, 3.63) is 100 Å². The number of rotatable bonds is 10. The predicted molar refractivity (Wildman–Crippen MR) is 210 cm³/mol. The number of amides is 1. The van der Waals surface area contributed by atoms with Gasteiger partial charge < -0.3 is 19.7 Å². The van der Waals surface area contributed by atoms with Gasteiger partial charge in [-0.25, -0.2) is 14.6 Å². The van der Waals surface area contributed by atoms with Gasteiger partial charge in [0.2, 0.25) is 5.95 Å². The van der Waals surface area contributed by atoms with Crippen LogP contribution in [0.25, 0.3) is 11.0 Å². The number of aromatic nitrogens is 5. The third-order valence-corrected chi connectivity index (χ3v) is 12.6. The first-order valence-electron chi connectivity index (χ1n) is 18.6. The molecular formula is C40H50N8O5S. The number of carbonyl (C=O) groups excluding carboxylic acids is 1. The molecule has 1 saturated heterocycles. The second kappa shape index (κ2) is 15.3. The molecule has 2 atom stereocenters. The van der Waals surface area contributed by atoms with Crippen LogP contribution in [0.5, 0.6) is 5.75 Å². The standard InChI is InChI=1S/C40H50N8O5S/c1-7-31-25-47(54(50,51)35-12-10-9-11-34(35)53-31)24-29-21-28(14-13-26(29)3)36(32-15-16-33-37(27(32)4)44-45-48(33)8-2)40(5,6)43-38(49)30-22-41-39(42-23-30)46-17-19-52-20-18-46/h9-16,21-23,31,36,50-51H,7-8,17-20,24-25H2,1-6H3,(H,43,49)/t31?,36-/m0/s1. The number of para-hydroxylation sites is 1. The average molecular weight is 755 g/mol. The van der Waals surface area contributed by atoms with Crippen molar-refractivity contribution in [3.63, 3.8) is 0 Å². The Balaban J connectivity index is 1.26. The van der Waals surface area contributed by atoms with Crippen LogP contribution in [-0.4, -0.2) is 88.8 Å². The Labute approximate surface area is 318 Å². The van der Waals surface area contributed by atoms with Crippen molar-refractivity contribution in [3.8, 4) is 5.75 Å². The van der Waals surface area contributed by atoms with Crippen molar-refractivity contribution < 1.29 is 23.4 Å². The molecule has 1 unspecified atom stereocenters. The number of ether oxygens (including phenoxy) is 2. The van der Waals surface area contributed by atoms with Crippen LogP contribution < -0.4 is 15.0 Å².